The van der Waals surface area contributed by atoms with E-state index < -0.39 is 0 Å². The molecule has 98 valence electrons. The Balaban J connectivity index is 1.90. The van der Waals surface area contributed by atoms with E-state index >= 15 is 0 Å². The second kappa shape index (κ2) is 6.00. The summed E-state index contributed by atoms with van der Waals surface area (Å²) in [6.07, 6.45) is 0.806. The van der Waals surface area contributed by atoms with E-state index in [2.05, 4.69) is 29.4 Å². The standard InChI is InChI=1S/C15H17N3O/c1-11-5-2-3-6-12(11)9-10-17-15(19)13-7-4-8-14(16)18-13/h2-8H,9-10H2,1H3,(H2,16,18)(H,17,19). The van der Waals surface area contributed by atoms with Crippen LogP contribution in [-0.4, -0.2) is 17.4 Å². The molecule has 0 aliphatic rings. The van der Waals surface area contributed by atoms with E-state index in [0.29, 0.717) is 18.1 Å². The van der Waals surface area contributed by atoms with Crippen LogP contribution in [-0.2, 0) is 6.42 Å². The molecule has 2 aromatic rings. The molecule has 0 aliphatic heterocycles. The topological polar surface area (TPSA) is 68.0 Å². The lowest BCUT2D eigenvalue weighted by Gasteiger charge is -2.07. The maximum absolute atomic E-state index is 11.8. The third-order valence-corrected chi connectivity index (χ3v) is 2.94. The molecular formula is C15H17N3O. The summed E-state index contributed by atoms with van der Waals surface area (Å²) in [7, 11) is 0. The lowest BCUT2D eigenvalue weighted by atomic mass is 10.1. The molecule has 0 fully saturated rings. The fourth-order valence-electron chi connectivity index (χ4n) is 1.87. The largest absolute Gasteiger partial charge is 0.384 e. The van der Waals surface area contributed by atoms with Crippen LogP contribution in [0.4, 0.5) is 5.82 Å². The SMILES string of the molecule is Cc1ccccc1CCNC(=O)c1cccc(N)n1. The van der Waals surface area contributed by atoms with Gasteiger partial charge in [0.2, 0.25) is 0 Å². The first-order valence-electron chi connectivity index (χ1n) is 6.22. The van der Waals surface area contributed by atoms with Gasteiger partial charge in [-0.2, -0.15) is 0 Å². The maximum atomic E-state index is 11.8. The number of aromatic nitrogens is 1. The zero-order chi connectivity index (χ0) is 13.7. The first-order valence-corrected chi connectivity index (χ1v) is 6.22. The van der Waals surface area contributed by atoms with Crippen molar-refractivity contribution in [2.75, 3.05) is 12.3 Å². The van der Waals surface area contributed by atoms with E-state index in [9.17, 15) is 4.79 Å². The van der Waals surface area contributed by atoms with Crippen LogP contribution in [0.2, 0.25) is 0 Å². The van der Waals surface area contributed by atoms with Crippen molar-refractivity contribution < 1.29 is 4.79 Å². The van der Waals surface area contributed by atoms with Crippen LogP contribution in [0.1, 0.15) is 21.6 Å². The molecule has 0 aliphatic carbocycles. The normalized spacial score (nSPS) is 10.2. The van der Waals surface area contributed by atoms with Gasteiger partial charge in [-0.3, -0.25) is 4.79 Å². The predicted octanol–water partition coefficient (Wildman–Crippen LogP) is 1.94. The van der Waals surface area contributed by atoms with Crippen LogP contribution >= 0.6 is 0 Å². The Morgan fingerprint density at radius 1 is 1.21 bits per heavy atom. The Morgan fingerprint density at radius 3 is 2.74 bits per heavy atom. The second-order valence-corrected chi connectivity index (χ2v) is 4.38. The lowest BCUT2D eigenvalue weighted by molar-refractivity contribution is 0.0949. The molecule has 4 heteroatoms. The summed E-state index contributed by atoms with van der Waals surface area (Å²) in [5, 5.41) is 2.84. The van der Waals surface area contributed by atoms with Gasteiger partial charge in [0.25, 0.3) is 5.91 Å². The number of nitrogens with one attached hydrogen (secondary N) is 1. The lowest BCUT2D eigenvalue weighted by Crippen LogP contribution is -2.26. The quantitative estimate of drug-likeness (QED) is 0.877. The molecule has 0 saturated heterocycles. The fraction of sp³-hybridized carbons (Fsp3) is 0.200. The molecule has 0 bridgehead atoms. The van der Waals surface area contributed by atoms with Gasteiger partial charge in [0.05, 0.1) is 0 Å². The molecule has 2 rings (SSSR count). The van der Waals surface area contributed by atoms with E-state index in [0.717, 1.165) is 6.42 Å². The van der Waals surface area contributed by atoms with Gasteiger partial charge in [-0.1, -0.05) is 30.3 Å². The number of hydrogen-bond donors (Lipinski definition) is 2. The summed E-state index contributed by atoms with van der Waals surface area (Å²) in [5.74, 6) is 0.160. The number of hydrogen-bond acceptors (Lipinski definition) is 3. The Bertz CT molecular complexity index is 581. The van der Waals surface area contributed by atoms with Crippen LogP contribution in [0.15, 0.2) is 42.5 Å². The average molecular weight is 255 g/mol. The molecule has 0 radical (unpaired) electrons. The molecule has 0 unspecified atom stereocenters. The number of pyridine rings is 1. The van der Waals surface area contributed by atoms with Crippen molar-refractivity contribution in [3.05, 3.63) is 59.3 Å². The number of rotatable bonds is 4. The van der Waals surface area contributed by atoms with Crippen molar-refractivity contribution in [3.8, 4) is 0 Å². The van der Waals surface area contributed by atoms with Gasteiger partial charge in [0.15, 0.2) is 0 Å². The van der Waals surface area contributed by atoms with Crippen LogP contribution in [0.5, 0.6) is 0 Å². The molecule has 19 heavy (non-hydrogen) atoms. The highest BCUT2D eigenvalue weighted by Crippen LogP contribution is 2.07. The van der Waals surface area contributed by atoms with Crippen molar-refractivity contribution >= 4 is 11.7 Å². The summed E-state index contributed by atoms with van der Waals surface area (Å²) in [6, 6.07) is 13.2. The highest BCUT2D eigenvalue weighted by atomic mass is 16.1. The number of nitrogens with zero attached hydrogens (tertiary/aromatic N) is 1. The van der Waals surface area contributed by atoms with Crippen molar-refractivity contribution in [1.29, 1.82) is 0 Å². The van der Waals surface area contributed by atoms with E-state index in [1.54, 1.807) is 18.2 Å². The molecule has 1 heterocycles. The Kier molecular flexibility index (Phi) is 4.13. The minimum absolute atomic E-state index is 0.194. The van der Waals surface area contributed by atoms with Crippen molar-refractivity contribution in [2.24, 2.45) is 0 Å². The Hall–Kier alpha value is -2.36. The monoisotopic (exact) mass is 255 g/mol. The van der Waals surface area contributed by atoms with Gasteiger partial charge in [-0.15, -0.1) is 0 Å². The minimum Gasteiger partial charge on any atom is -0.384 e. The molecule has 1 aromatic carbocycles. The predicted molar refractivity (Wildman–Crippen MR) is 75.9 cm³/mol. The highest BCUT2D eigenvalue weighted by molar-refractivity contribution is 5.92. The molecule has 1 aromatic heterocycles. The van der Waals surface area contributed by atoms with Crippen molar-refractivity contribution in [3.63, 3.8) is 0 Å². The number of aryl methyl sites for hydroxylation is 1. The second-order valence-electron chi connectivity index (χ2n) is 4.38. The maximum Gasteiger partial charge on any atom is 0.269 e. The van der Waals surface area contributed by atoms with Gasteiger partial charge in [-0.05, 0) is 36.6 Å². The highest BCUT2D eigenvalue weighted by Gasteiger charge is 2.06. The summed E-state index contributed by atoms with van der Waals surface area (Å²) in [4.78, 5) is 15.8. The summed E-state index contributed by atoms with van der Waals surface area (Å²) in [5.41, 5.74) is 8.37. The van der Waals surface area contributed by atoms with Crippen molar-refractivity contribution in [1.82, 2.24) is 10.3 Å². The van der Waals surface area contributed by atoms with Crippen LogP contribution < -0.4 is 11.1 Å². The van der Waals surface area contributed by atoms with Gasteiger partial charge < -0.3 is 11.1 Å². The van der Waals surface area contributed by atoms with Crippen LogP contribution in [0.25, 0.3) is 0 Å². The molecule has 0 atom stereocenters. The van der Waals surface area contributed by atoms with E-state index in [1.807, 2.05) is 12.1 Å². The number of carbonyl (C=O) groups excluding carboxylic acids is 1. The minimum atomic E-state index is -0.194. The fourth-order valence-corrected chi connectivity index (χ4v) is 1.87. The van der Waals surface area contributed by atoms with Crippen LogP contribution in [0.3, 0.4) is 0 Å². The van der Waals surface area contributed by atoms with Gasteiger partial charge >= 0.3 is 0 Å². The van der Waals surface area contributed by atoms with E-state index in [1.165, 1.54) is 11.1 Å². The van der Waals surface area contributed by atoms with Crippen molar-refractivity contribution in [2.45, 2.75) is 13.3 Å². The smallest absolute Gasteiger partial charge is 0.269 e. The van der Waals surface area contributed by atoms with Gasteiger partial charge in [0, 0.05) is 6.54 Å². The number of nitrogens with two attached hydrogens (primary N) is 1. The molecule has 1 amide bonds. The Morgan fingerprint density at radius 2 is 2.00 bits per heavy atom. The zero-order valence-electron chi connectivity index (χ0n) is 10.9. The van der Waals surface area contributed by atoms with Gasteiger partial charge in [-0.25, -0.2) is 4.98 Å². The van der Waals surface area contributed by atoms with Crippen LogP contribution in [0, 0.1) is 6.92 Å². The summed E-state index contributed by atoms with van der Waals surface area (Å²) >= 11 is 0. The molecule has 0 saturated carbocycles. The molecule has 3 N–H and O–H groups in total. The van der Waals surface area contributed by atoms with E-state index in [4.69, 9.17) is 5.73 Å². The third kappa shape index (κ3) is 3.55. The molecular weight excluding hydrogens is 238 g/mol. The number of benzene rings is 1. The first kappa shape index (κ1) is 13.1. The number of anilines is 1. The molecule has 4 nitrogen and oxygen atoms in total. The number of carbonyl (C=O) groups is 1. The summed E-state index contributed by atoms with van der Waals surface area (Å²) in [6.45, 7) is 2.65. The van der Waals surface area contributed by atoms with Gasteiger partial charge in [0.1, 0.15) is 11.5 Å². The average Bonchev–Trinajstić information content (AvgIpc) is 2.41. The van der Waals surface area contributed by atoms with E-state index in [-0.39, 0.29) is 5.91 Å². The zero-order valence-corrected chi connectivity index (χ0v) is 10.9. The number of amides is 1. The number of nitrogen functional groups attached to an aromatic ring is 1. The first-order chi connectivity index (χ1) is 9.16. The third-order valence-electron chi connectivity index (χ3n) is 2.94. The summed E-state index contributed by atoms with van der Waals surface area (Å²) < 4.78 is 0. The molecule has 0 spiro atoms. The Labute approximate surface area is 112 Å².